The standard InChI is InChI=1S/C10H21NO2/c1-4-11-6-5-10(7-9(11)2)13-8-12-3/h9-10H,4-8H2,1-3H3. The molecule has 0 aliphatic carbocycles. The average Bonchev–Trinajstić information content (AvgIpc) is 2.15. The first-order chi connectivity index (χ1) is 6.27. The van der Waals surface area contributed by atoms with Crippen LogP contribution in [0.3, 0.4) is 0 Å². The lowest BCUT2D eigenvalue weighted by atomic mass is 10.0. The molecule has 1 saturated heterocycles. The van der Waals surface area contributed by atoms with Crippen LogP contribution in [0.4, 0.5) is 0 Å². The second-order valence-electron chi connectivity index (χ2n) is 3.70. The zero-order valence-corrected chi connectivity index (χ0v) is 8.95. The number of methoxy groups -OCH3 is 1. The molecular weight excluding hydrogens is 166 g/mol. The molecule has 1 aliphatic heterocycles. The zero-order valence-electron chi connectivity index (χ0n) is 8.95. The molecule has 0 aromatic heterocycles. The maximum Gasteiger partial charge on any atom is 0.146 e. The number of hydrogen-bond donors (Lipinski definition) is 0. The summed E-state index contributed by atoms with van der Waals surface area (Å²) in [6.45, 7) is 7.23. The van der Waals surface area contributed by atoms with E-state index in [2.05, 4.69) is 18.7 Å². The van der Waals surface area contributed by atoms with Crippen molar-refractivity contribution in [2.75, 3.05) is 27.0 Å². The quantitative estimate of drug-likeness (QED) is 0.622. The minimum absolute atomic E-state index is 0.401. The molecule has 0 aromatic rings. The molecule has 1 rings (SSSR count). The smallest absolute Gasteiger partial charge is 0.146 e. The molecule has 2 unspecified atom stereocenters. The van der Waals surface area contributed by atoms with Gasteiger partial charge >= 0.3 is 0 Å². The van der Waals surface area contributed by atoms with E-state index in [1.165, 1.54) is 0 Å². The van der Waals surface area contributed by atoms with Crippen LogP contribution in [0.25, 0.3) is 0 Å². The molecule has 1 heterocycles. The molecule has 0 N–H and O–H groups in total. The summed E-state index contributed by atoms with van der Waals surface area (Å²) in [5.74, 6) is 0. The Balaban J connectivity index is 2.24. The van der Waals surface area contributed by atoms with Crippen molar-refractivity contribution < 1.29 is 9.47 Å². The first-order valence-corrected chi connectivity index (χ1v) is 5.12. The second-order valence-corrected chi connectivity index (χ2v) is 3.70. The van der Waals surface area contributed by atoms with Crippen LogP contribution in [-0.2, 0) is 9.47 Å². The summed E-state index contributed by atoms with van der Waals surface area (Å²) in [4.78, 5) is 2.49. The van der Waals surface area contributed by atoms with Gasteiger partial charge in [-0.1, -0.05) is 6.92 Å². The van der Waals surface area contributed by atoms with Crippen LogP contribution in [0.2, 0.25) is 0 Å². The Kier molecular flexibility index (Phi) is 4.70. The van der Waals surface area contributed by atoms with Gasteiger partial charge in [0.2, 0.25) is 0 Å². The summed E-state index contributed by atoms with van der Waals surface area (Å²) >= 11 is 0. The van der Waals surface area contributed by atoms with E-state index in [0.29, 0.717) is 18.9 Å². The van der Waals surface area contributed by atoms with Gasteiger partial charge in [0.25, 0.3) is 0 Å². The predicted molar refractivity (Wildman–Crippen MR) is 52.7 cm³/mol. The third-order valence-corrected chi connectivity index (χ3v) is 2.79. The van der Waals surface area contributed by atoms with Gasteiger partial charge in [0, 0.05) is 19.7 Å². The van der Waals surface area contributed by atoms with E-state index in [4.69, 9.17) is 9.47 Å². The Morgan fingerprint density at radius 2 is 2.23 bits per heavy atom. The van der Waals surface area contributed by atoms with Crippen LogP contribution in [0, 0.1) is 0 Å². The molecule has 0 radical (unpaired) electrons. The Labute approximate surface area is 81.0 Å². The van der Waals surface area contributed by atoms with E-state index in [-0.39, 0.29) is 0 Å². The van der Waals surface area contributed by atoms with Crippen LogP contribution < -0.4 is 0 Å². The van der Waals surface area contributed by atoms with E-state index in [1.54, 1.807) is 7.11 Å². The molecule has 2 atom stereocenters. The normalized spacial score (nSPS) is 30.7. The van der Waals surface area contributed by atoms with Crippen molar-refractivity contribution in [3.05, 3.63) is 0 Å². The van der Waals surface area contributed by atoms with Crippen molar-refractivity contribution in [1.29, 1.82) is 0 Å². The highest BCUT2D eigenvalue weighted by Crippen LogP contribution is 2.19. The zero-order chi connectivity index (χ0) is 9.68. The van der Waals surface area contributed by atoms with E-state index in [0.717, 1.165) is 25.9 Å². The molecule has 0 amide bonds. The van der Waals surface area contributed by atoms with Crippen LogP contribution in [-0.4, -0.2) is 44.0 Å². The maximum atomic E-state index is 5.55. The highest BCUT2D eigenvalue weighted by atomic mass is 16.7. The van der Waals surface area contributed by atoms with Crippen LogP contribution in [0.5, 0.6) is 0 Å². The van der Waals surface area contributed by atoms with Crippen molar-refractivity contribution in [2.45, 2.75) is 38.8 Å². The van der Waals surface area contributed by atoms with Gasteiger partial charge in [-0.2, -0.15) is 0 Å². The third kappa shape index (κ3) is 3.25. The Hall–Kier alpha value is -0.120. The van der Waals surface area contributed by atoms with Gasteiger partial charge in [0.15, 0.2) is 0 Å². The summed E-state index contributed by atoms with van der Waals surface area (Å²) in [5, 5.41) is 0. The van der Waals surface area contributed by atoms with Crippen molar-refractivity contribution in [3.63, 3.8) is 0 Å². The van der Waals surface area contributed by atoms with Gasteiger partial charge in [0.1, 0.15) is 6.79 Å². The second kappa shape index (κ2) is 5.58. The average molecular weight is 187 g/mol. The van der Waals surface area contributed by atoms with Crippen molar-refractivity contribution in [2.24, 2.45) is 0 Å². The van der Waals surface area contributed by atoms with Crippen LogP contribution >= 0.6 is 0 Å². The van der Waals surface area contributed by atoms with E-state index < -0.39 is 0 Å². The third-order valence-electron chi connectivity index (χ3n) is 2.79. The molecule has 3 heteroatoms. The number of rotatable bonds is 4. The van der Waals surface area contributed by atoms with Crippen molar-refractivity contribution in [3.8, 4) is 0 Å². The molecule has 13 heavy (non-hydrogen) atoms. The number of hydrogen-bond acceptors (Lipinski definition) is 3. The van der Waals surface area contributed by atoms with Crippen molar-refractivity contribution in [1.82, 2.24) is 4.90 Å². The molecule has 3 nitrogen and oxygen atoms in total. The SMILES string of the molecule is CCN1CCC(OCOC)CC1C. The monoisotopic (exact) mass is 187 g/mol. The fourth-order valence-electron chi connectivity index (χ4n) is 1.96. The summed E-state index contributed by atoms with van der Waals surface area (Å²) < 4.78 is 10.4. The largest absolute Gasteiger partial charge is 0.359 e. The Morgan fingerprint density at radius 1 is 1.46 bits per heavy atom. The van der Waals surface area contributed by atoms with Crippen molar-refractivity contribution >= 4 is 0 Å². The number of likely N-dealkylation sites (tertiary alicyclic amines) is 1. The minimum atomic E-state index is 0.401. The van der Waals surface area contributed by atoms with Gasteiger partial charge in [-0.3, -0.25) is 0 Å². The molecule has 78 valence electrons. The van der Waals surface area contributed by atoms with E-state index >= 15 is 0 Å². The predicted octanol–water partition coefficient (Wildman–Crippen LogP) is 1.48. The van der Waals surface area contributed by atoms with Gasteiger partial charge < -0.3 is 14.4 Å². The van der Waals surface area contributed by atoms with Gasteiger partial charge in [-0.05, 0) is 26.3 Å². The highest BCUT2D eigenvalue weighted by Gasteiger charge is 2.24. The lowest BCUT2D eigenvalue weighted by Crippen LogP contribution is -2.43. The van der Waals surface area contributed by atoms with Gasteiger partial charge in [-0.25, -0.2) is 0 Å². The lowest BCUT2D eigenvalue weighted by Gasteiger charge is -2.36. The maximum absolute atomic E-state index is 5.55. The topological polar surface area (TPSA) is 21.7 Å². The number of nitrogens with zero attached hydrogens (tertiary/aromatic N) is 1. The fraction of sp³-hybridized carbons (Fsp3) is 1.00. The molecule has 0 saturated carbocycles. The molecule has 1 fully saturated rings. The minimum Gasteiger partial charge on any atom is -0.359 e. The van der Waals surface area contributed by atoms with Crippen LogP contribution in [0.15, 0.2) is 0 Å². The molecule has 1 aliphatic rings. The Morgan fingerprint density at radius 3 is 2.77 bits per heavy atom. The van der Waals surface area contributed by atoms with E-state index in [9.17, 15) is 0 Å². The lowest BCUT2D eigenvalue weighted by molar-refractivity contribution is -0.0955. The van der Waals surface area contributed by atoms with Gasteiger partial charge in [0.05, 0.1) is 6.10 Å². The van der Waals surface area contributed by atoms with Crippen LogP contribution in [0.1, 0.15) is 26.7 Å². The molecule has 0 aromatic carbocycles. The number of ether oxygens (including phenoxy) is 2. The molecular formula is C10H21NO2. The van der Waals surface area contributed by atoms with E-state index in [1.807, 2.05) is 0 Å². The first kappa shape index (κ1) is 11.0. The highest BCUT2D eigenvalue weighted by molar-refractivity contribution is 4.78. The summed E-state index contributed by atoms with van der Waals surface area (Å²) in [5.41, 5.74) is 0. The summed E-state index contributed by atoms with van der Waals surface area (Å²) in [7, 11) is 1.67. The number of piperidine rings is 1. The summed E-state index contributed by atoms with van der Waals surface area (Å²) in [6, 6.07) is 0.653. The summed E-state index contributed by atoms with van der Waals surface area (Å²) in [6.07, 6.45) is 2.68. The Bertz CT molecular complexity index is 141. The van der Waals surface area contributed by atoms with Gasteiger partial charge in [-0.15, -0.1) is 0 Å². The fourth-order valence-corrected chi connectivity index (χ4v) is 1.96. The first-order valence-electron chi connectivity index (χ1n) is 5.12. The molecule has 0 bridgehead atoms. The molecule has 0 spiro atoms.